The lowest BCUT2D eigenvalue weighted by atomic mass is 9.89. The lowest BCUT2D eigenvalue weighted by molar-refractivity contribution is -0.150. The monoisotopic (exact) mass is 511 g/mol. The summed E-state index contributed by atoms with van der Waals surface area (Å²) in [7, 11) is 0. The first-order valence-corrected chi connectivity index (χ1v) is 13.8. The smallest absolute Gasteiger partial charge is 0.246 e. The average Bonchev–Trinajstić information content (AvgIpc) is 2.94. The van der Waals surface area contributed by atoms with Crippen LogP contribution in [0.25, 0.3) is 0 Å². The Bertz CT molecular complexity index is 1240. The lowest BCUT2D eigenvalue weighted by Crippen LogP contribution is -2.63. The molecule has 5 rings (SSSR count). The van der Waals surface area contributed by atoms with Crippen LogP contribution in [0.3, 0.4) is 0 Å². The van der Waals surface area contributed by atoms with Gasteiger partial charge in [0.2, 0.25) is 11.8 Å². The van der Waals surface area contributed by atoms with Gasteiger partial charge in [0.05, 0.1) is 0 Å². The summed E-state index contributed by atoms with van der Waals surface area (Å²) in [5.41, 5.74) is 10.6. The molecular formula is C32H37N3O3. The lowest BCUT2D eigenvalue weighted by Gasteiger charge is -2.39. The minimum absolute atomic E-state index is 0.0234. The summed E-state index contributed by atoms with van der Waals surface area (Å²) in [6.45, 7) is 0.956. The highest BCUT2D eigenvalue weighted by molar-refractivity contribution is 5.97. The topological polar surface area (TPSA) is 84.7 Å². The highest BCUT2D eigenvalue weighted by atomic mass is 16.5. The Morgan fingerprint density at radius 3 is 2.32 bits per heavy atom. The van der Waals surface area contributed by atoms with Gasteiger partial charge < -0.3 is 20.7 Å². The van der Waals surface area contributed by atoms with Crippen LogP contribution in [0, 0.1) is 0 Å². The molecule has 1 aliphatic heterocycles. The second-order valence-corrected chi connectivity index (χ2v) is 10.4. The van der Waals surface area contributed by atoms with E-state index in [1.165, 1.54) is 24.0 Å². The average molecular weight is 512 g/mol. The van der Waals surface area contributed by atoms with Crippen molar-refractivity contribution in [3.05, 3.63) is 95.1 Å². The number of para-hydroxylation sites is 1. The molecule has 2 aliphatic rings. The molecule has 38 heavy (non-hydrogen) atoms. The van der Waals surface area contributed by atoms with E-state index in [4.69, 9.17) is 10.5 Å². The number of amides is 2. The normalized spacial score (nSPS) is 19.1. The van der Waals surface area contributed by atoms with Gasteiger partial charge in [0.1, 0.15) is 23.6 Å². The summed E-state index contributed by atoms with van der Waals surface area (Å²) in [6.07, 6.45) is 7.42. The molecule has 0 unspecified atom stereocenters. The Labute approximate surface area is 225 Å². The van der Waals surface area contributed by atoms with E-state index < -0.39 is 12.1 Å². The van der Waals surface area contributed by atoms with Crippen molar-refractivity contribution in [1.82, 2.24) is 10.2 Å². The van der Waals surface area contributed by atoms with Crippen LogP contribution in [0.1, 0.15) is 54.4 Å². The number of ether oxygens (including phenoxy) is 1. The van der Waals surface area contributed by atoms with Gasteiger partial charge >= 0.3 is 0 Å². The SMILES string of the molecule is NCCCC[C@H]1C(=O)N[C@@H](Cc2ccc3c(c2)CCCC3)C(=O)N1Cc1ccc(Oc2ccccc2)cc1. The van der Waals surface area contributed by atoms with E-state index >= 15 is 0 Å². The number of rotatable bonds is 10. The number of nitrogens with zero attached hydrogens (tertiary/aromatic N) is 1. The first kappa shape index (κ1) is 26.0. The first-order valence-electron chi connectivity index (χ1n) is 13.8. The standard InChI is InChI=1S/C32H37N3O3/c33-19-7-6-12-30-31(36)34-29(21-24-13-16-25-8-4-5-9-26(25)20-24)32(37)35(30)22-23-14-17-28(18-15-23)38-27-10-2-1-3-11-27/h1-3,10-11,13-18,20,29-30H,4-9,12,19,21-22,33H2,(H,34,36)/t29-,30-/m0/s1. The Balaban J connectivity index is 1.31. The summed E-state index contributed by atoms with van der Waals surface area (Å²) in [4.78, 5) is 28.8. The maximum absolute atomic E-state index is 13.8. The number of hydrogen-bond donors (Lipinski definition) is 2. The maximum Gasteiger partial charge on any atom is 0.246 e. The second kappa shape index (κ2) is 12.3. The van der Waals surface area contributed by atoms with Crippen LogP contribution in [0.2, 0.25) is 0 Å². The molecule has 6 heteroatoms. The van der Waals surface area contributed by atoms with Gasteiger partial charge in [-0.3, -0.25) is 9.59 Å². The molecule has 0 bridgehead atoms. The number of nitrogens with two attached hydrogens (primary N) is 1. The van der Waals surface area contributed by atoms with Gasteiger partial charge in [-0.15, -0.1) is 0 Å². The van der Waals surface area contributed by atoms with Crippen molar-refractivity contribution in [3.63, 3.8) is 0 Å². The van der Waals surface area contributed by atoms with Crippen molar-refractivity contribution in [2.75, 3.05) is 6.54 Å². The fourth-order valence-corrected chi connectivity index (χ4v) is 5.55. The van der Waals surface area contributed by atoms with Gasteiger partial charge in [-0.25, -0.2) is 0 Å². The molecule has 0 radical (unpaired) electrons. The van der Waals surface area contributed by atoms with Crippen LogP contribution in [-0.2, 0) is 35.4 Å². The minimum Gasteiger partial charge on any atom is -0.457 e. The van der Waals surface area contributed by atoms with E-state index in [1.807, 2.05) is 54.6 Å². The zero-order chi connectivity index (χ0) is 26.3. The van der Waals surface area contributed by atoms with Gasteiger partial charge in [0.15, 0.2) is 0 Å². The predicted octanol–water partition coefficient (Wildman–Crippen LogP) is 4.93. The van der Waals surface area contributed by atoms with Crippen LogP contribution >= 0.6 is 0 Å². The van der Waals surface area contributed by atoms with Crippen LogP contribution in [0.15, 0.2) is 72.8 Å². The molecule has 6 nitrogen and oxygen atoms in total. The zero-order valence-corrected chi connectivity index (χ0v) is 21.9. The van der Waals surface area contributed by atoms with Crippen LogP contribution in [0.4, 0.5) is 0 Å². The number of carbonyl (C=O) groups excluding carboxylic acids is 2. The third-order valence-electron chi connectivity index (χ3n) is 7.62. The van der Waals surface area contributed by atoms with Crippen LogP contribution in [0.5, 0.6) is 11.5 Å². The highest BCUT2D eigenvalue weighted by Gasteiger charge is 2.40. The van der Waals surface area contributed by atoms with E-state index in [0.29, 0.717) is 25.9 Å². The molecule has 3 N–H and O–H groups in total. The molecule has 3 aromatic carbocycles. The third kappa shape index (κ3) is 6.25. The predicted molar refractivity (Wildman–Crippen MR) is 149 cm³/mol. The minimum atomic E-state index is -0.560. The van der Waals surface area contributed by atoms with E-state index in [1.54, 1.807) is 4.90 Å². The largest absolute Gasteiger partial charge is 0.457 e. The number of nitrogens with one attached hydrogen (secondary N) is 1. The molecule has 1 saturated heterocycles. The van der Waals surface area contributed by atoms with Gasteiger partial charge in [-0.05, 0) is 98.0 Å². The maximum atomic E-state index is 13.8. The van der Waals surface area contributed by atoms with E-state index in [2.05, 4.69) is 23.5 Å². The Morgan fingerprint density at radius 1 is 0.842 bits per heavy atom. The molecule has 3 aromatic rings. The number of unbranched alkanes of at least 4 members (excludes halogenated alkanes) is 1. The molecule has 2 amide bonds. The van der Waals surface area contributed by atoms with Crippen molar-refractivity contribution in [2.24, 2.45) is 5.73 Å². The Kier molecular flexibility index (Phi) is 8.39. The second-order valence-electron chi connectivity index (χ2n) is 10.4. The van der Waals surface area contributed by atoms with Crippen LogP contribution < -0.4 is 15.8 Å². The number of aryl methyl sites for hydroxylation is 2. The van der Waals surface area contributed by atoms with E-state index in [9.17, 15) is 9.59 Å². The van der Waals surface area contributed by atoms with Crippen LogP contribution in [-0.4, -0.2) is 35.3 Å². The van der Waals surface area contributed by atoms with E-state index in [0.717, 1.165) is 48.3 Å². The number of carbonyl (C=O) groups is 2. The molecule has 0 saturated carbocycles. The molecule has 0 aromatic heterocycles. The molecule has 2 atom stereocenters. The van der Waals surface area contributed by atoms with Crippen molar-refractivity contribution in [1.29, 1.82) is 0 Å². The zero-order valence-electron chi connectivity index (χ0n) is 21.9. The molecule has 1 aliphatic carbocycles. The fraction of sp³-hybridized carbons (Fsp3) is 0.375. The van der Waals surface area contributed by atoms with Crippen molar-refractivity contribution in [3.8, 4) is 11.5 Å². The molecule has 1 fully saturated rings. The summed E-state index contributed by atoms with van der Waals surface area (Å²) in [5, 5.41) is 3.04. The summed E-state index contributed by atoms with van der Waals surface area (Å²) < 4.78 is 5.91. The van der Waals surface area contributed by atoms with Crippen molar-refractivity contribution in [2.45, 2.75) is 70.0 Å². The van der Waals surface area contributed by atoms with Gasteiger partial charge in [-0.1, -0.05) is 48.5 Å². The summed E-state index contributed by atoms with van der Waals surface area (Å²) in [5.74, 6) is 1.40. The quantitative estimate of drug-likeness (QED) is 0.378. The summed E-state index contributed by atoms with van der Waals surface area (Å²) >= 11 is 0. The molecule has 198 valence electrons. The Morgan fingerprint density at radius 2 is 1.55 bits per heavy atom. The molecular weight excluding hydrogens is 474 g/mol. The fourth-order valence-electron chi connectivity index (χ4n) is 5.55. The number of fused-ring (bicyclic) bond motifs is 1. The number of benzene rings is 3. The Hall–Kier alpha value is -3.64. The van der Waals surface area contributed by atoms with E-state index in [-0.39, 0.29) is 11.8 Å². The highest BCUT2D eigenvalue weighted by Crippen LogP contribution is 2.26. The van der Waals surface area contributed by atoms with Crippen molar-refractivity contribution < 1.29 is 14.3 Å². The van der Waals surface area contributed by atoms with Gasteiger partial charge in [-0.2, -0.15) is 0 Å². The first-order chi connectivity index (χ1) is 18.6. The molecule has 0 spiro atoms. The van der Waals surface area contributed by atoms with Gasteiger partial charge in [0.25, 0.3) is 0 Å². The third-order valence-corrected chi connectivity index (χ3v) is 7.62. The number of hydrogen-bond acceptors (Lipinski definition) is 4. The van der Waals surface area contributed by atoms with Gasteiger partial charge in [0, 0.05) is 13.0 Å². The van der Waals surface area contributed by atoms with Crippen molar-refractivity contribution >= 4 is 11.8 Å². The summed E-state index contributed by atoms with van der Waals surface area (Å²) in [6, 6.07) is 22.9. The number of piperazine rings is 1. The molecule has 1 heterocycles.